The molecule has 1 aliphatic rings. The summed E-state index contributed by atoms with van der Waals surface area (Å²) >= 11 is 5.87. The molecule has 92 valence electrons. The fourth-order valence-electron chi connectivity index (χ4n) is 2.41. The second-order valence-electron chi connectivity index (χ2n) is 4.60. The molecule has 0 unspecified atom stereocenters. The molecular weight excluding hydrogens is 244 g/mol. The number of anilines is 1. The number of benzene rings is 1. The molecule has 1 aliphatic heterocycles. The first kappa shape index (κ1) is 11.5. The Morgan fingerprint density at radius 1 is 1.17 bits per heavy atom. The van der Waals surface area contributed by atoms with E-state index in [-0.39, 0.29) is 0 Å². The maximum atomic E-state index is 5.87. The number of nitrogens with zero attached hydrogens (tertiary/aromatic N) is 2. The van der Waals surface area contributed by atoms with Gasteiger partial charge in [-0.15, -0.1) is 11.6 Å². The van der Waals surface area contributed by atoms with Gasteiger partial charge in [0.05, 0.1) is 0 Å². The lowest BCUT2D eigenvalue weighted by Gasteiger charge is -2.29. The van der Waals surface area contributed by atoms with Gasteiger partial charge in [-0.05, 0) is 35.2 Å². The van der Waals surface area contributed by atoms with Crippen LogP contribution in [0.4, 0.5) is 5.82 Å². The van der Waals surface area contributed by atoms with Crippen molar-refractivity contribution in [2.75, 3.05) is 11.4 Å². The van der Waals surface area contributed by atoms with Crippen molar-refractivity contribution in [3.63, 3.8) is 0 Å². The molecule has 0 bridgehead atoms. The molecule has 0 saturated carbocycles. The van der Waals surface area contributed by atoms with Gasteiger partial charge in [0, 0.05) is 25.2 Å². The molecule has 1 aromatic heterocycles. The summed E-state index contributed by atoms with van der Waals surface area (Å²) in [6.45, 7) is 1.96. The number of pyridine rings is 1. The molecule has 2 aromatic rings. The second-order valence-corrected chi connectivity index (χ2v) is 4.86. The molecular formula is C15H15ClN2. The van der Waals surface area contributed by atoms with Gasteiger partial charge in [-0.3, -0.25) is 0 Å². The van der Waals surface area contributed by atoms with Crippen LogP contribution in [0, 0.1) is 0 Å². The molecule has 3 rings (SSSR count). The number of alkyl halides is 1. The molecule has 3 heteroatoms. The zero-order valence-electron chi connectivity index (χ0n) is 10.1. The van der Waals surface area contributed by atoms with E-state index in [0.717, 1.165) is 30.9 Å². The van der Waals surface area contributed by atoms with E-state index in [1.165, 1.54) is 11.1 Å². The highest BCUT2D eigenvalue weighted by molar-refractivity contribution is 6.17. The standard InChI is InChI=1S/C15H15ClN2/c16-10-12-5-7-17-15(9-12)18-8-6-13-3-1-2-4-14(13)11-18/h1-5,7,9H,6,8,10-11H2. The first-order valence-electron chi connectivity index (χ1n) is 6.19. The predicted octanol–water partition coefficient (Wildman–Crippen LogP) is 3.38. The van der Waals surface area contributed by atoms with Gasteiger partial charge >= 0.3 is 0 Å². The summed E-state index contributed by atoms with van der Waals surface area (Å²) in [4.78, 5) is 6.77. The lowest BCUT2D eigenvalue weighted by Crippen LogP contribution is -2.30. The summed E-state index contributed by atoms with van der Waals surface area (Å²) in [5.41, 5.74) is 3.99. The molecule has 1 aromatic carbocycles. The number of aromatic nitrogens is 1. The summed E-state index contributed by atoms with van der Waals surface area (Å²) in [5.74, 6) is 1.57. The van der Waals surface area contributed by atoms with Crippen LogP contribution < -0.4 is 4.90 Å². The molecule has 0 saturated heterocycles. The third-order valence-electron chi connectivity index (χ3n) is 3.42. The van der Waals surface area contributed by atoms with Gasteiger partial charge in [0.25, 0.3) is 0 Å². The summed E-state index contributed by atoms with van der Waals surface area (Å²) in [6, 6.07) is 12.7. The molecule has 0 radical (unpaired) electrons. The Morgan fingerprint density at radius 2 is 2.00 bits per heavy atom. The van der Waals surface area contributed by atoms with Gasteiger partial charge < -0.3 is 4.90 Å². The van der Waals surface area contributed by atoms with Gasteiger partial charge in [0.15, 0.2) is 0 Å². The average Bonchev–Trinajstić information content (AvgIpc) is 2.47. The molecule has 0 amide bonds. The normalized spacial score (nSPS) is 14.4. The van der Waals surface area contributed by atoms with Crippen LogP contribution in [-0.4, -0.2) is 11.5 Å². The van der Waals surface area contributed by atoms with E-state index in [9.17, 15) is 0 Å². The first-order valence-corrected chi connectivity index (χ1v) is 6.73. The quantitative estimate of drug-likeness (QED) is 0.768. The number of hydrogen-bond acceptors (Lipinski definition) is 2. The van der Waals surface area contributed by atoms with E-state index in [1.54, 1.807) is 0 Å². The highest BCUT2D eigenvalue weighted by atomic mass is 35.5. The van der Waals surface area contributed by atoms with Crippen molar-refractivity contribution in [2.24, 2.45) is 0 Å². The van der Waals surface area contributed by atoms with E-state index in [4.69, 9.17) is 11.6 Å². The molecule has 2 heterocycles. The Balaban J connectivity index is 1.87. The van der Waals surface area contributed by atoms with Gasteiger partial charge in [-0.25, -0.2) is 4.98 Å². The van der Waals surface area contributed by atoms with Crippen LogP contribution in [-0.2, 0) is 18.8 Å². The maximum Gasteiger partial charge on any atom is 0.129 e. The number of hydrogen-bond donors (Lipinski definition) is 0. The van der Waals surface area contributed by atoms with E-state index < -0.39 is 0 Å². The maximum absolute atomic E-state index is 5.87. The van der Waals surface area contributed by atoms with E-state index in [0.29, 0.717) is 5.88 Å². The van der Waals surface area contributed by atoms with Gasteiger partial charge in [-0.2, -0.15) is 0 Å². The number of halogens is 1. The Morgan fingerprint density at radius 3 is 2.83 bits per heavy atom. The van der Waals surface area contributed by atoms with Crippen LogP contribution >= 0.6 is 11.6 Å². The summed E-state index contributed by atoms with van der Waals surface area (Å²) in [6.07, 6.45) is 2.93. The van der Waals surface area contributed by atoms with Crippen molar-refractivity contribution in [1.82, 2.24) is 4.98 Å². The summed E-state index contributed by atoms with van der Waals surface area (Å²) < 4.78 is 0. The van der Waals surface area contributed by atoms with Crippen LogP contribution in [0.15, 0.2) is 42.6 Å². The smallest absolute Gasteiger partial charge is 0.129 e. The Bertz CT molecular complexity index is 554. The van der Waals surface area contributed by atoms with E-state index >= 15 is 0 Å². The molecule has 2 nitrogen and oxygen atoms in total. The SMILES string of the molecule is ClCc1ccnc(N2CCc3ccccc3C2)c1. The molecule has 0 atom stereocenters. The summed E-state index contributed by atoms with van der Waals surface area (Å²) in [7, 11) is 0. The molecule has 0 spiro atoms. The monoisotopic (exact) mass is 258 g/mol. The van der Waals surface area contributed by atoms with Crippen LogP contribution in [0.2, 0.25) is 0 Å². The van der Waals surface area contributed by atoms with Crippen molar-refractivity contribution < 1.29 is 0 Å². The minimum atomic E-state index is 0.542. The fourth-order valence-corrected chi connectivity index (χ4v) is 2.57. The highest BCUT2D eigenvalue weighted by Crippen LogP contribution is 2.23. The lowest BCUT2D eigenvalue weighted by atomic mass is 10.00. The van der Waals surface area contributed by atoms with E-state index in [2.05, 4.69) is 40.2 Å². The van der Waals surface area contributed by atoms with Crippen molar-refractivity contribution in [1.29, 1.82) is 0 Å². The van der Waals surface area contributed by atoms with Gasteiger partial charge in [0.2, 0.25) is 0 Å². The minimum absolute atomic E-state index is 0.542. The lowest BCUT2D eigenvalue weighted by molar-refractivity contribution is 0.720. The Labute approximate surface area is 112 Å². The van der Waals surface area contributed by atoms with Crippen LogP contribution in [0.3, 0.4) is 0 Å². The van der Waals surface area contributed by atoms with Crippen molar-refractivity contribution in [3.8, 4) is 0 Å². The van der Waals surface area contributed by atoms with Gasteiger partial charge in [0.1, 0.15) is 5.82 Å². The van der Waals surface area contributed by atoms with Crippen molar-refractivity contribution in [2.45, 2.75) is 18.8 Å². The predicted molar refractivity (Wildman–Crippen MR) is 75.0 cm³/mol. The van der Waals surface area contributed by atoms with Crippen molar-refractivity contribution >= 4 is 17.4 Å². The second kappa shape index (κ2) is 4.99. The topological polar surface area (TPSA) is 16.1 Å². The summed E-state index contributed by atoms with van der Waals surface area (Å²) in [5, 5.41) is 0. The number of fused-ring (bicyclic) bond motifs is 1. The zero-order valence-corrected chi connectivity index (χ0v) is 10.9. The minimum Gasteiger partial charge on any atom is -0.352 e. The average molecular weight is 259 g/mol. The van der Waals surface area contributed by atoms with Crippen LogP contribution in [0.25, 0.3) is 0 Å². The largest absolute Gasteiger partial charge is 0.352 e. The molecule has 0 fully saturated rings. The third-order valence-corrected chi connectivity index (χ3v) is 3.73. The number of rotatable bonds is 2. The molecule has 0 aliphatic carbocycles. The van der Waals surface area contributed by atoms with Crippen LogP contribution in [0.5, 0.6) is 0 Å². The fraction of sp³-hybridized carbons (Fsp3) is 0.267. The Kier molecular flexibility index (Phi) is 3.20. The third kappa shape index (κ3) is 2.21. The van der Waals surface area contributed by atoms with Crippen molar-refractivity contribution in [3.05, 3.63) is 59.3 Å². The first-order chi connectivity index (χ1) is 8.86. The zero-order chi connectivity index (χ0) is 12.4. The van der Waals surface area contributed by atoms with Crippen LogP contribution in [0.1, 0.15) is 16.7 Å². The molecule has 18 heavy (non-hydrogen) atoms. The van der Waals surface area contributed by atoms with Gasteiger partial charge in [-0.1, -0.05) is 24.3 Å². The highest BCUT2D eigenvalue weighted by Gasteiger charge is 2.16. The molecule has 0 N–H and O–H groups in total. The Hall–Kier alpha value is -1.54. The van der Waals surface area contributed by atoms with E-state index in [1.807, 2.05) is 12.3 Å².